The van der Waals surface area contributed by atoms with Crippen molar-refractivity contribution >= 4 is 33.4 Å². The third-order valence-corrected chi connectivity index (χ3v) is 6.33. The van der Waals surface area contributed by atoms with E-state index in [0.717, 1.165) is 34.6 Å². The van der Waals surface area contributed by atoms with E-state index in [1.165, 1.54) is 29.3 Å². The number of halogens is 1. The van der Waals surface area contributed by atoms with Crippen molar-refractivity contribution in [2.75, 3.05) is 29.4 Å². The molecular formula is C20H25FN2O3S2. The van der Waals surface area contributed by atoms with Gasteiger partial charge in [0.1, 0.15) is 12.4 Å². The first-order valence-corrected chi connectivity index (χ1v) is 11.9. The Bertz CT molecular complexity index is 904. The van der Waals surface area contributed by atoms with Crippen LogP contribution in [0.25, 0.3) is 0 Å². The molecule has 0 heterocycles. The Morgan fingerprint density at radius 2 is 1.82 bits per heavy atom. The van der Waals surface area contributed by atoms with Crippen molar-refractivity contribution in [1.29, 1.82) is 0 Å². The van der Waals surface area contributed by atoms with Crippen LogP contribution in [0.5, 0.6) is 0 Å². The van der Waals surface area contributed by atoms with Gasteiger partial charge in [-0.25, -0.2) is 12.8 Å². The summed E-state index contributed by atoms with van der Waals surface area (Å²) in [6.45, 7) is 2.07. The van der Waals surface area contributed by atoms with Crippen molar-refractivity contribution < 1.29 is 17.6 Å². The number of anilines is 1. The van der Waals surface area contributed by atoms with Gasteiger partial charge in [0.05, 0.1) is 11.9 Å². The number of carbonyl (C=O) groups excluding carboxylic acids is 1. The SMILES string of the molecule is Cc1ccccc1CSCCCNC(=O)CN(c1ccccc1F)S(C)(=O)=O. The fraction of sp³-hybridized carbons (Fsp3) is 0.350. The molecule has 0 unspecified atom stereocenters. The predicted octanol–water partition coefficient (Wildman–Crippen LogP) is 3.34. The highest BCUT2D eigenvalue weighted by Crippen LogP contribution is 2.21. The molecular weight excluding hydrogens is 399 g/mol. The summed E-state index contributed by atoms with van der Waals surface area (Å²) >= 11 is 1.78. The minimum absolute atomic E-state index is 0.131. The van der Waals surface area contributed by atoms with Gasteiger partial charge in [-0.05, 0) is 42.4 Å². The summed E-state index contributed by atoms with van der Waals surface area (Å²) in [6, 6.07) is 13.7. The largest absolute Gasteiger partial charge is 0.354 e. The van der Waals surface area contributed by atoms with Gasteiger partial charge < -0.3 is 5.32 Å². The van der Waals surface area contributed by atoms with Crippen LogP contribution in [0.3, 0.4) is 0 Å². The van der Waals surface area contributed by atoms with E-state index in [0.29, 0.717) is 6.54 Å². The molecule has 1 amide bonds. The molecule has 152 valence electrons. The summed E-state index contributed by atoms with van der Waals surface area (Å²) in [5.41, 5.74) is 2.43. The standard InChI is InChI=1S/C20H25FN2O3S2/c1-16-8-3-4-9-17(16)15-27-13-7-12-22-20(24)14-23(28(2,25)26)19-11-6-5-10-18(19)21/h3-6,8-11H,7,12-15H2,1-2H3,(H,22,24). The molecule has 0 spiro atoms. The van der Waals surface area contributed by atoms with Crippen molar-refractivity contribution in [3.05, 3.63) is 65.5 Å². The monoisotopic (exact) mass is 424 g/mol. The van der Waals surface area contributed by atoms with Crippen LogP contribution in [-0.4, -0.2) is 39.4 Å². The summed E-state index contributed by atoms with van der Waals surface area (Å²) in [4.78, 5) is 12.1. The van der Waals surface area contributed by atoms with E-state index < -0.39 is 28.3 Å². The summed E-state index contributed by atoms with van der Waals surface area (Å²) in [7, 11) is -3.78. The summed E-state index contributed by atoms with van der Waals surface area (Å²) in [6.07, 6.45) is 1.72. The van der Waals surface area contributed by atoms with E-state index >= 15 is 0 Å². The van der Waals surface area contributed by atoms with E-state index in [4.69, 9.17) is 0 Å². The first kappa shape index (κ1) is 22.2. The maximum Gasteiger partial charge on any atom is 0.240 e. The van der Waals surface area contributed by atoms with Gasteiger partial charge in [-0.3, -0.25) is 9.10 Å². The van der Waals surface area contributed by atoms with E-state index in [-0.39, 0.29) is 5.69 Å². The van der Waals surface area contributed by atoms with Crippen molar-refractivity contribution in [3.8, 4) is 0 Å². The second-order valence-corrected chi connectivity index (χ2v) is 9.42. The van der Waals surface area contributed by atoms with Crippen LogP contribution in [0, 0.1) is 12.7 Å². The summed E-state index contributed by atoms with van der Waals surface area (Å²) < 4.78 is 38.7. The third-order valence-electron chi connectivity index (χ3n) is 4.12. The quantitative estimate of drug-likeness (QED) is 0.594. The summed E-state index contributed by atoms with van der Waals surface area (Å²) in [5.74, 6) is 0.638. The number of amides is 1. The minimum Gasteiger partial charge on any atom is -0.354 e. The number of para-hydroxylation sites is 1. The second-order valence-electron chi connectivity index (χ2n) is 6.40. The van der Waals surface area contributed by atoms with Gasteiger partial charge in [0, 0.05) is 12.3 Å². The number of sulfonamides is 1. The van der Waals surface area contributed by atoms with Crippen molar-refractivity contribution in [2.45, 2.75) is 19.1 Å². The number of benzene rings is 2. The molecule has 0 saturated heterocycles. The Morgan fingerprint density at radius 3 is 2.50 bits per heavy atom. The Labute approximate surface area is 170 Å². The van der Waals surface area contributed by atoms with Gasteiger partial charge in [0.25, 0.3) is 0 Å². The lowest BCUT2D eigenvalue weighted by Crippen LogP contribution is -2.41. The zero-order valence-electron chi connectivity index (χ0n) is 16.0. The molecule has 28 heavy (non-hydrogen) atoms. The number of nitrogens with one attached hydrogen (secondary N) is 1. The van der Waals surface area contributed by atoms with Crippen LogP contribution in [0.2, 0.25) is 0 Å². The molecule has 0 radical (unpaired) electrons. The Morgan fingerprint density at radius 1 is 1.14 bits per heavy atom. The lowest BCUT2D eigenvalue weighted by Gasteiger charge is -2.22. The smallest absolute Gasteiger partial charge is 0.240 e. The van der Waals surface area contributed by atoms with Crippen LogP contribution in [0.15, 0.2) is 48.5 Å². The average Bonchev–Trinajstić information content (AvgIpc) is 2.64. The topological polar surface area (TPSA) is 66.5 Å². The maximum atomic E-state index is 13.9. The minimum atomic E-state index is -3.78. The van der Waals surface area contributed by atoms with Gasteiger partial charge in [0.15, 0.2) is 0 Å². The molecule has 0 aromatic heterocycles. The fourth-order valence-corrected chi connectivity index (χ4v) is 4.47. The van der Waals surface area contributed by atoms with Crippen molar-refractivity contribution in [3.63, 3.8) is 0 Å². The number of aryl methyl sites for hydroxylation is 1. The summed E-state index contributed by atoms with van der Waals surface area (Å²) in [5, 5.41) is 2.70. The zero-order valence-corrected chi connectivity index (χ0v) is 17.7. The normalized spacial score (nSPS) is 11.2. The van der Waals surface area contributed by atoms with Crippen LogP contribution >= 0.6 is 11.8 Å². The number of nitrogens with zero attached hydrogens (tertiary/aromatic N) is 1. The second kappa shape index (κ2) is 10.5. The molecule has 0 aliphatic heterocycles. The Balaban J connectivity index is 1.77. The maximum absolute atomic E-state index is 13.9. The lowest BCUT2D eigenvalue weighted by atomic mass is 10.1. The Hall–Kier alpha value is -2.06. The molecule has 1 N–H and O–H groups in total. The number of hydrogen-bond donors (Lipinski definition) is 1. The molecule has 0 aliphatic rings. The first-order valence-electron chi connectivity index (χ1n) is 8.90. The lowest BCUT2D eigenvalue weighted by molar-refractivity contribution is -0.119. The van der Waals surface area contributed by atoms with Crippen LogP contribution in [-0.2, 0) is 20.6 Å². The molecule has 2 aromatic rings. The van der Waals surface area contributed by atoms with Crippen LogP contribution in [0.1, 0.15) is 17.5 Å². The van der Waals surface area contributed by atoms with Crippen molar-refractivity contribution in [1.82, 2.24) is 5.32 Å². The number of carbonyl (C=O) groups is 1. The van der Waals surface area contributed by atoms with Gasteiger partial charge in [-0.1, -0.05) is 36.4 Å². The molecule has 0 fully saturated rings. The van der Waals surface area contributed by atoms with Gasteiger partial charge in [0.2, 0.25) is 15.9 Å². The van der Waals surface area contributed by atoms with Gasteiger partial charge in [-0.2, -0.15) is 11.8 Å². The molecule has 0 bridgehead atoms. The molecule has 2 aromatic carbocycles. The number of hydrogen-bond acceptors (Lipinski definition) is 4. The average molecular weight is 425 g/mol. The number of thioether (sulfide) groups is 1. The van der Waals surface area contributed by atoms with E-state index in [9.17, 15) is 17.6 Å². The van der Waals surface area contributed by atoms with E-state index in [1.54, 1.807) is 11.8 Å². The van der Waals surface area contributed by atoms with E-state index in [2.05, 4.69) is 24.4 Å². The Kier molecular flexibility index (Phi) is 8.32. The predicted molar refractivity (Wildman–Crippen MR) is 114 cm³/mol. The van der Waals surface area contributed by atoms with Crippen LogP contribution < -0.4 is 9.62 Å². The molecule has 5 nitrogen and oxygen atoms in total. The molecule has 0 atom stereocenters. The van der Waals surface area contributed by atoms with Crippen LogP contribution in [0.4, 0.5) is 10.1 Å². The first-order chi connectivity index (χ1) is 13.3. The number of rotatable bonds is 10. The highest BCUT2D eigenvalue weighted by molar-refractivity contribution is 7.98. The van der Waals surface area contributed by atoms with Gasteiger partial charge in [-0.15, -0.1) is 0 Å². The molecule has 8 heteroatoms. The van der Waals surface area contributed by atoms with Crippen molar-refractivity contribution in [2.24, 2.45) is 0 Å². The molecule has 2 rings (SSSR count). The zero-order chi connectivity index (χ0) is 20.6. The third kappa shape index (κ3) is 6.83. The highest BCUT2D eigenvalue weighted by Gasteiger charge is 2.23. The fourth-order valence-electron chi connectivity index (χ4n) is 2.58. The molecule has 0 aliphatic carbocycles. The molecule has 0 saturated carbocycles. The highest BCUT2D eigenvalue weighted by atomic mass is 32.2. The van der Waals surface area contributed by atoms with E-state index in [1.807, 2.05) is 12.1 Å². The van der Waals surface area contributed by atoms with Gasteiger partial charge >= 0.3 is 0 Å².